The van der Waals surface area contributed by atoms with E-state index >= 15 is 0 Å². The molecule has 1 aromatic carbocycles. The second-order valence-corrected chi connectivity index (χ2v) is 7.41. The third-order valence-corrected chi connectivity index (χ3v) is 5.44. The number of aryl methyl sites for hydroxylation is 2. The van der Waals surface area contributed by atoms with Crippen LogP contribution in [0.15, 0.2) is 41.1 Å². The minimum Gasteiger partial charge on any atom is -0.463 e. The van der Waals surface area contributed by atoms with Gasteiger partial charge in [-0.25, -0.2) is 9.97 Å². The Kier molecular flexibility index (Phi) is 5.23. The van der Waals surface area contributed by atoms with Crippen molar-refractivity contribution < 1.29 is 9.21 Å². The van der Waals surface area contributed by atoms with Crippen molar-refractivity contribution >= 4 is 33.4 Å². The fraction of sp³-hybridized carbons (Fsp3) is 0.250. The lowest BCUT2D eigenvalue weighted by Crippen LogP contribution is -2.15. The molecule has 0 aliphatic rings. The highest BCUT2D eigenvalue weighted by molar-refractivity contribution is 7.19. The van der Waals surface area contributed by atoms with Gasteiger partial charge >= 0.3 is 0 Å². The number of aromatic nitrogens is 3. The Morgan fingerprint density at radius 3 is 3.00 bits per heavy atom. The number of nitrogens with zero attached hydrogens (tertiary/aromatic N) is 2. The van der Waals surface area contributed by atoms with Crippen LogP contribution in [0.3, 0.4) is 0 Å². The molecule has 0 saturated heterocycles. The number of aromatic amines is 1. The van der Waals surface area contributed by atoms with E-state index < -0.39 is 0 Å². The summed E-state index contributed by atoms with van der Waals surface area (Å²) in [5.74, 6) is 1.44. The number of imidazole rings is 1. The summed E-state index contributed by atoms with van der Waals surface area (Å²) in [7, 11) is 0. The van der Waals surface area contributed by atoms with Gasteiger partial charge in [0.05, 0.1) is 28.4 Å². The number of hydrogen-bond acceptors (Lipinski definition) is 6. The normalized spacial score (nSPS) is 11.2. The molecule has 0 aliphatic heterocycles. The van der Waals surface area contributed by atoms with Crippen LogP contribution in [-0.4, -0.2) is 27.4 Å². The Balaban J connectivity index is 1.64. The molecule has 1 amide bonds. The van der Waals surface area contributed by atoms with Gasteiger partial charge in [0.2, 0.25) is 0 Å². The number of carbonyl (C=O) groups excluding carboxylic acids is 1. The summed E-state index contributed by atoms with van der Waals surface area (Å²) in [6, 6.07) is 7.42. The smallest absolute Gasteiger partial charge is 0.257 e. The number of rotatable bonds is 7. The van der Waals surface area contributed by atoms with Gasteiger partial charge in [-0.3, -0.25) is 10.1 Å². The van der Waals surface area contributed by atoms with Gasteiger partial charge in [-0.15, -0.1) is 0 Å². The first-order chi connectivity index (χ1) is 13.7. The second kappa shape index (κ2) is 7.95. The molecule has 0 spiro atoms. The number of fused-ring (bicyclic) bond motifs is 1. The Morgan fingerprint density at radius 2 is 2.25 bits per heavy atom. The van der Waals surface area contributed by atoms with Gasteiger partial charge in [0, 0.05) is 12.0 Å². The molecule has 0 aliphatic carbocycles. The zero-order chi connectivity index (χ0) is 19.5. The Bertz CT molecular complexity index is 1100. The number of H-pyrrole nitrogens is 1. The molecular weight excluding hydrogens is 374 g/mol. The minimum absolute atomic E-state index is 0.199. The minimum atomic E-state index is -0.199. The van der Waals surface area contributed by atoms with Crippen LogP contribution in [0, 0.1) is 0 Å². The first-order valence-electron chi connectivity index (χ1n) is 9.21. The summed E-state index contributed by atoms with van der Waals surface area (Å²) in [5, 5.41) is 3.43. The van der Waals surface area contributed by atoms with Crippen LogP contribution in [0.2, 0.25) is 0 Å². The molecule has 8 heteroatoms. The maximum absolute atomic E-state index is 13.0. The zero-order valence-electron chi connectivity index (χ0n) is 15.5. The van der Waals surface area contributed by atoms with Gasteiger partial charge in [-0.2, -0.15) is 0 Å². The van der Waals surface area contributed by atoms with E-state index in [0.29, 0.717) is 23.7 Å². The standard InChI is InChI=1S/C20H21N5O2S/c1-2-17-23-14-8-7-13(12(5-3-9-21)18(14)24-17)19(26)25-20-22-11-16(28-20)15-6-4-10-27-15/h4,6-8,10-11H,2-3,5,9,21H2,1H3,(H,23,24)(H,22,25,26). The van der Waals surface area contributed by atoms with Crippen molar-refractivity contribution in [2.75, 3.05) is 11.9 Å². The van der Waals surface area contributed by atoms with Gasteiger partial charge in [0.25, 0.3) is 5.91 Å². The molecule has 4 N–H and O–H groups in total. The SMILES string of the molecule is CCc1nc2c(CCCN)c(C(=O)Nc3ncc(-c4ccco4)s3)ccc2[nH]1. The van der Waals surface area contributed by atoms with Gasteiger partial charge in [0.15, 0.2) is 5.13 Å². The van der Waals surface area contributed by atoms with E-state index in [1.807, 2.05) is 31.2 Å². The summed E-state index contributed by atoms with van der Waals surface area (Å²) in [4.78, 5) is 26.1. The number of benzene rings is 1. The molecule has 3 aromatic heterocycles. The number of nitrogens with one attached hydrogen (secondary N) is 2. The Labute approximate surface area is 166 Å². The number of thiazole rings is 1. The van der Waals surface area contributed by atoms with E-state index in [0.717, 1.165) is 45.9 Å². The van der Waals surface area contributed by atoms with Crippen molar-refractivity contribution in [2.45, 2.75) is 26.2 Å². The molecule has 4 aromatic rings. The van der Waals surface area contributed by atoms with Crippen molar-refractivity contribution in [1.29, 1.82) is 0 Å². The summed E-state index contributed by atoms with van der Waals surface area (Å²) in [6.45, 7) is 2.60. The number of nitrogens with two attached hydrogens (primary N) is 1. The van der Waals surface area contributed by atoms with Crippen molar-refractivity contribution in [2.24, 2.45) is 5.73 Å². The van der Waals surface area contributed by atoms with E-state index in [2.05, 4.69) is 20.3 Å². The average Bonchev–Trinajstić information content (AvgIpc) is 3.45. The van der Waals surface area contributed by atoms with Gasteiger partial charge in [-0.1, -0.05) is 18.3 Å². The fourth-order valence-electron chi connectivity index (χ4n) is 3.12. The lowest BCUT2D eigenvalue weighted by molar-refractivity contribution is 0.102. The van der Waals surface area contributed by atoms with E-state index in [4.69, 9.17) is 10.2 Å². The third kappa shape index (κ3) is 3.56. The molecule has 28 heavy (non-hydrogen) atoms. The van der Waals surface area contributed by atoms with Crippen LogP contribution in [0.5, 0.6) is 0 Å². The quantitative estimate of drug-likeness (QED) is 0.438. The van der Waals surface area contributed by atoms with Crippen LogP contribution in [0.1, 0.15) is 35.1 Å². The molecule has 0 unspecified atom stereocenters. The molecule has 0 radical (unpaired) electrons. The molecule has 0 atom stereocenters. The van der Waals surface area contributed by atoms with E-state index in [1.54, 1.807) is 12.5 Å². The van der Waals surface area contributed by atoms with Gasteiger partial charge in [-0.05, 0) is 49.2 Å². The monoisotopic (exact) mass is 395 g/mol. The molecule has 4 rings (SSSR count). The highest BCUT2D eigenvalue weighted by Gasteiger charge is 2.18. The van der Waals surface area contributed by atoms with Crippen molar-refractivity contribution in [3.05, 3.63) is 53.7 Å². The second-order valence-electron chi connectivity index (χ2n) is 6.38. The highest BCUT2D eigenvalue weighted by atomic mass is 32.1. The molecule has 3 heterocycles. The summed E-state index contributed by atoms with van der Waals surface area (Å²) >= 11 is 1.37. The van der Waals surface area contributed by atoms with Crippen molar-refractivity contribution in [3.8, 4) is 10.6 Å². The van der Waals surface area contributed by atoms with Crippen molar-refractivity contribution in [1.82, 2.24) is 15.0 Å². The van der Waals surface area contributed by atoms with Crippen LogP contribution < -0.4 is 11.1 Å². The van der Waals surface area contributed by atoms with Crippen LogP contribution >= 0.6 is 11.3 Å². The highest BCUT2D eigenvalue weighted by Crippen LogP contribution is 2.30. The number of amides is 1. The van der Waals surface area contributed by atoms with Crippen molar-refractivity contribution in [3.63, 3.8) is 0 Å². The summed E-state index contributed by atoms with van der Waals surface area (Å²) < 4.78 is 5.38. The number of furan rings is 1. The van der Waals surface area contributed by atoms with Crippen LogP contribution in [0.25, 0.3) is 21.7 Å². The summed E-state index contributed by atoms with van der Waals surface area (Å²) in [6.07, 6.45) is 5.59. The topological polar surface area (TPSA) is 110 Å². The molecule has 0 bridgehead atoms. The Morgan fingerprint density at radius 1 is 1.36 bits per heavy atom. The number of carbonyl (C=O) groups is 1. The van der Waals surface area contributed by atoms with E-state index in [1.165, 1.54) is 11.3 Å². The zero-order valence-corrected chi connectivity index (χ0v) is 16.3. The predicted molar refractivity (Wildman–Crippen MR) is 111 cm³/mol. The lowest BCUT2D eigenvalue weighted by Gasteiger charge is -2.09. The first-order valence-corrected chi connectivity index (χ1v) is 10.0. The van der Waals surface area contributed by atoms with Crippen LogP contribution in [-0.2, 0) is 12.8 Å². The summed E-state index contributed by atoms with van der Waals surface area (Å²) in [5.41, 5.74) is 9.00. The Hall–Kier alpha value is -2.97. The molecule has 0 fully saturated rings. The van der Waals surface area contributed by atoms with Crippen LogP contribution in [0.4, 0.5) is 5.13 Å². The van der Waals surface area contributed by atoms with E-state index in [9.17, 15) is 4.79 Å². The lowest BCUT2D eigenvalue weighted by atomic mass is 10.0. The average molecular weight is 395 g/mol. The molecule has 0 saturated carbocycles. The predicted octanol–water partition coefficient (Wildman–Crippen LogP) is 3.99. The first kappa shape index (κ1) is 18.4. The molecular formula is C20H21N5O2S. The number of hydrogen-bond donors (Lipinski definition) is 3. The fourth-order valence-corrected chi connectivity index (χ4v) is 3.90. The molecule has 7 nitrogen and oxygen atoms in total. The van der Waals surface area contributed by atoms with E-state index in [-0.39, 0.29) is 5.91 Å². The van der Waals surface area contributed by atoms with Gasteiger partial charge < -0.3 is 15.1 Å². The van der Waals surface area contributed by atoms with Gasteiger partial charge in [0.1, 0.15) is 11.6 Å². The number of anilines is 1. The molecule has 144 valence electrons. The maximum atomic E-state index is 13.0. The maximum Gasteiger partial charge on any atom is 0.257 e. The third-order valence-electron chi connectivity index (χ3n) is 4.51. The largest absolute Gasteiger partial charge is 0.463 e.